The lowest BCUT2D eigenvalue weighted by Crippen LogP contribution is -2.36. The van der Waals surface area contributed by atoms with Gasteiger partial charge in [-0.05, 0) is 6.42 Å². The lowest BCUT2D eigenvalue weighted by molar-refractivity contribution is 0.140. The first-order chi connectivity index (χ1) is 5.40. The molecule has 0 N–H and O–H groups in total. The Hall–Kier alpha value is -0.120. The summed E-state index contributed by atoms with van der Waals surface area (Å²) >= 11 is 0. The van der Waals surface area contributed by atoms with Crippen LogP contribution in [0.5, 0.6) is 0 Å². The Balaban J connectivity index is 1.68. The number of epoxide rings is 1. The Kier molecular flexibility index (Phi) is 2.11. The van der Waals surface area contributed by atoms with Gasteiger partial charge in [0, 0.05) is 26.7 Å². The maximum atomic E-state index is 5.41. The molecule has 2 atom stereocenters. The predicted molar refractivity (Wildman–Crippen MR) is 41.6 cm³/mol. The molecule has 0 bridgehead atoms. The van der Waals surface area contributed by atoms with Gasteiger partial charge in [0.15, 0.2) is 0 Å². The molecule has 0 aliphatic carbocycles. The molecule has 2 aliphatic rings. The number of fused-ring (bicyclic) bond motifs is 1. The molecule has 2 aliphatic heterocycles. The van der Waals surface area contributed by atoms with Crippen molar-refractivity contribution in [3.63, 3.8) is 0 Å². The zero-order chi connectivity index (χ0) is 7.68. The lowest BCUT2D eigenvalue weighted by Gasteiger charge is -2.23. The van der Waals surface area contributed by atoms with Gasteiger partial charge in [-0.2, -0.15) is 0 Å². The van der Waals surface area contributed by atoms with Crippen LogP contribution in [0.1, 0.15) is 6.42 Å². The van der Waals surface area contributed by atoms with E-state index in [9.17, 15) is 0 Å². The molecule has 11 heavy (non-hydrogen) atoms. The highest BCUT2D eigenvalue weighted by molar-refractivity contribution is 4.92. The summed E-state index contributed by atoms with van der Waals surface area (Å²) < 4.78 is 10.4. The van der Waals surface area contributed by atoms with Crippen molar-refractivity contribution in [2.45, 2.75) is 18.6 Å². The van der Waals surface area contributed by atoms with Crippen molar-refractivity contribution < 1.29 is 9.47 Å². The summed E-state index contributed by atoms with van der Waals surface area (Å²) in [6.45, 7) is 4.21. The number of likely N-dealkylation sites (tertiary alicyclic amines) is 1. The van der Waals surface area contributed by atoms with Crippen LogP contribution in [0.4, 0.5) is 0 Å². The SMILES string of the molecule is COCCN1CC[C@@H]2O[C@@H]2C1. The van der Waals surface area contributed by atoms with E-state index in [0.717, 1.165) is 19.7 Å². The average molecular weight is 157 g/mol. The van der Waals surface area contributed by atoms with E-state index in [-0.39, 0.29) is 0 Å². The van der Waals surface area contributed by atoms with Gasteiger partial charge in [-0.15, -0.1) is 0 Å². The fourth-order valence-corrected chi connectivity index (χ4v) is 1.67. The van der Waals surface area contributed by atoms with E-state index in [1.54, 1.807) is 7.11 Å². The first kappa shape index (κ1) is 7.53. The summed E-state index contributed by atoms with van der Waals surface area (Å²) in [5.41, 5.74) is 0. The highest BCUT2D eigenvalue weighted by Gasteiger charge is 2.42. The summed E-state index contributed by atoms with van der Waals surface area (Å²) in [5.74, 6) is 0. The minimum absolute atomic E-state index is 0.556. The first-order valence-corrected chi connectivity index (χ1v) is 4.27. The minimum Gasteiger partial charge on any atom is -0.383 e. The minimum atomic E-state index is 0.556. The number of nitrogens with zero attached hydrogens (tertiary/aromatic N) is 1. The molecule has 2 saturated heterocycles. The second-order valence-electron chi connectivity index (χ2n) is 3.30. The second-order valence-corrected chi connectivity index (χ2v) is 3.30. The standard InChI is InChI=1S/C8H15NO2/c1-10-5-4-9-3-2-7-8(6-9)11-7/h7-8H,2-6H2,1H3/t7-,8+/m0/s1. The third kappa shape index (κ3) is 1.72. The van der Waals surface area contributed by atoms with Crippen LogP contribution in [-0.4, -0.2) is 50.5 Å². The van der Waals surface area contributed by atoms with E-state index < -0.39 is 0 Å². The van der Waals surface area contributed by atoms with Gasteiger partial charge in [-0.3, -0.25) is 4.90 Å². The highest BCUT2D eigenvalue weighted by Crippen LogP contribution is 2.30. The average Bonchev–Trinajstić information content (AvgIpc) is 2.78. The summed E-state index contributed by atoms with van der Waals surface area (Å²) in [6, 6.07) is 0. The molecular weight excluding hydrogens is 142 g/mol. The van der Waals surface area contributed by atoms with E-state index in [4.69, 9.17) is 9.47 Å². The summed E-state index contributed by atoms with van der Waals surface area (Å²) in [5, 5.41) is 0. The van der Waals surface area contributed by atoms with Gasteiger partial charge in [-0.1, -0.05) is 0 Å². The quantitative estimate of drug-likeness (QED) is 0.543. The van der Waals surface area contributed by atoms with E-state index in [1.165, 1.54) is 13.0 Å². The molecule has 0 spiro atoms. The molecule has 2 rings (SSSR count). The highest BCUT2D eigenvalue weighted by atomic mass is 16.6. The Morgan fingerprint density at radius 2 is 2.45 bits per heavy atom. The van der Waals surface area contributed by atoms with Gasteiger partial charge in [0.1, 0.15) is 0 Å². The van der Waals surface area contributed by atoms with Crippen LogP contribution in [-0.2, 0) is 9.47 Å². The van der Waals surface area contributed by atoms with Crippen LogP contribution < -0.4 is 0 Å². The molecule has 2 fully saturated rings. The fourth-order valence-electron chi connectivity index (χ4n) is 1.67. The van der Waals surface area contributed by atoms with Gasteiger partial charge in [-0.25, -0.2) is 0 Å². The van der Waals surface area contributed by atoms with Crippen molar-refractivity contribution in [2.24, 2.45) is 0 Å². The largest absolute Gasteiger partial charge is 0.383 e. The zero-order valence-electron chi connectivity index (χ0n) is 6.95. The summed E-state index contributed by atoms with van der Waals surface area (Å²) in [4.78, 5) is 2.41. The van der Waals surface area contributed by atoms with Gasteiger partial charge in [0.05, 0.1) is 18.8 Å². The molecular formula is C8H15NO2. The number of methoxy groups -OCH3 is 1. The van der Waals surface area contributed by atoms with Gasteiger partial charge in [0.2, 0.25) is 0 Å². The number of rotatable bonds is 3. The summed E-state index contributed by atoms with van der Waals surface area (Å²) in [6.07, 6.45) is 2.38. The van der Waals surface area contributed by atoms with Gasteiger partial charge >= 0.3 is 0 Å². The predicted octanol–water partition coefficient (Wildman–Crippen LogP) is 0.106. The smallest absolute Gasteiger partial charge is 0.0968 e. The normalized spacial score (nSPS) is 36.8. The van der Waals surface area contributed by atoms with Crippen molar-refractivity contribution in [3.8, 4) is 0 Å². The van der Waals surface area contributed by atoms with E-state index >= 15 is 0 Å². The van der Waals surface area contributed by atoms with Crippen LogP contribution in [0.25, 0.3) is 0 Å². The van der Waals surface area contributed by atoms with Crippen molar-refractivity contribution in [1.82, 2.24) is 4.90 Å². The lowest BCUT2D eigenvalue weighted by atomic mass is 10.1. The molecule has 0 aromatic heterocycles. The molecule has 0 unspecified atom stereocenters. The second kappa shape index (κ2) is 3.09. The molecule has 2 heterocycles. The molecule has 0 radical (unpaired) electrons. The number of hydrogen-bond donors (Lipinski definition) is 0. The Labute approximate surface area is 67.3 Å². The molecule has 0 aromatic rings. The molecule has 64 valence electrons. The van der Waals surface area contributed by atoms with Crippen LogP contribution in [0.2, 0.25) is 0 Å². The van der Waals surface area contributed by atoms with Crippen LogP contribution in [0.15, 0.2) is 0 Å². The molecule has 3 heteroatoms. The Morgan fingerprint density at radius 1 is 1.55 bits per heavy atom. The van der Waals surface area contributed by atoms with Crippen molar-refractivity contribution in [3.05, 3.63) is 0 Å². The molecule has 0 amide bonds. The number of piperidine rings is 1. The maximum Gasteiger partial charge on any atom is 0.0968 e. The van der Waals surface area contributed by atoms with Crippen molar-refractivity contribution >= 4 is 0 Å². The molecule has 0 saturated carbocycles. The molecule has 0 aromatic carbocycles. The van der Waals surface area contributed by atoms with Crippen LogP contribution in [0, 0.1) is 0 Å². The first-order valence-electron chi connectivity index (χ1n) is 4.27. The third-order valence-electron chi connectivity index (χ3n) is 2.47. The van der Waals surface area contributed by atoms with E-state index in [1.807, 2.05) is 0 Å². The van der Waals surface area contributed by atoms with Crippen molar-refractivity contribution in [1.29, 1.82) is 0 Å². The molecule has 3 nitrogen and oxygen atoms in total. The van der Waals surface area contributed by atoms with E-state index in [0.29, 0.717) is 12.2 Å². The fraction of sp³-hybridized carbons (Fsp3) is 1.00. The Morgan fingerprint density at radius 3 is 3.18 bits per heavy atom. The number of ether oxygens (including phenoxy) is 2. The topological polar surface area (TPSA) is 25.0 Å². The summed E-state index contributed by atoms with van der Waals surface area (Å²) in [7, 11) is 1.75. The zero-order valence-corrected chi connectivity index (χ0v) is 6.95. The third-order valence-corrected chi connectivity index (χ3v) is 2.47. The van der Waals surface area contributed by atoms with E-state index in [2.05, 4.69) is 4.90 Å². The maximum absolute atomic E-state index is 5.41. The number of hydrogen-bond acceptors (Lipinski definition) is 3. The Bertz CT molecular complexity index is 140. The van der Waals surface area contributed by atoms with Gasteiger partial charge < -0.3 is 9.47 Å². The van der Waals surface area contributed by atoms with Crippen molar-refractivity contribution in [2.75, 3.05) is 33.4 Å². The van der Waals surface area contributed by atoms with Gasteiger partial charge in [0.25, 0.3) is 0 Å². The van der Waals surface area contributed by atoms with Crippen LogP contribution in [0.3, 0.4) is 0 Å². The monoisotopic (exact) mass is 157 g/mol. The van der Waals surface area contributed by atoms with Crippen LogP contribution >= 0.6 is 0 Å².